The van der Waals surface area contributed by atoms with Crippen LogP contribution in [0.3, 0.4) is 0 Å². The highest BCUT2D eigenvalue weighted by molar-refractivity contribution is 5.97. The van der Waals surface area contributed by atoms with Gasteiger partial charge in [0.25, 0.3) is 0 Å². The van der Waals surface area contributed by atoms with Crippen molar-refractivity contribution in [1.82, 2.24) is 9.88 Å². The summed E-state index contributed by atoms with van der Waals surface area (Å²) >= 11 is 0. The minimum absolute atomic E-state index is 0.0221. The van der Waals surface area contributed by atoms with Crippen molar-refractivity contribution in [3.63, 3.8) is 0 Å². The maximum atomic E-state index is 12.3. The zero-order chi connectivity index (χ0) is 15.5. The third kappa shape index (κ3) is 4.28. The number of amides is 1. The number of ether oxygens (including phenoxy) is 1. The molecule has 114 valence electrons. The van der Waals surface area contributed by atoms with E-state index in [0.29, 0.717) is 31.5 Å². The second-order valence-corrected chi connectivity index (χ2v) is 6.34. The fraction of sp³-hybridized carbons (Fsp3) is 0.562. The van der Waals surface area contributed by atoms with Crippen molar-refractivity contribution in [2.75, 3.05) is 13.1 Å². The molecule has 1 aliphatic heterocycles. The number of ketones is 1. The first-order valence-corrected chi connectivity index (χ1v) is 7.29. The van der Waals surface area contributed by atoms with Gasteiger partial charge in [-0.25, -0.2) is 4.79 Å². The summed E-state index contributed by atoms with van der Waals surface area (Å²) < 4.78 is 5.35. The summed E-state index contributed by atoms with van der Waals surface area (Å²) in [7, 11) is 0. The van der Waals surface area contributed by atoms with Gasteiger partial charge in [-0.15, -0.1) is 0 Å². The van der Waals surface area contributed by atoms with E-state index in [1.165, 1.54) is 0 Å². The smallest absolute Gasteiger partial charge is 0.410 e. The molecule has 1 amide bonds. The van der Waals surface area contributed by atoms with Gasteiger partial charge in [0.1, 0.15) is 5.60 Å². The van der Waals surface area contributed by atoms with E-state index in [1.54, 1.807) is 29.4 Å². The third-order valence-corrected chi connectivity index (χ3v) is 3.48. The molecule has 0 radical (unpaired) electrons. The van der Waals surface area contributed by atoms with E-state index < -0.39 is 5.60 Å². The molecule has 21 heavy (non-hydrogen) atoms. The number of nitrogens with zero attached hydrogens (tertiary/aromatic N) is 2. The van der Waals surface area contributed by atoms with E-state index >= 15 is 0 Å². The van der Waals surface area contributed by atoms with Gasteiger partial charge >= 0.3 is 6.09 Å². The summed E-state index contributed by atoms with van der Waals surface area (Å²) in [6, 6.07) is 3.48. The van der Waals surface area contributed by atoms with E-state index in [-0.39, 0.29) is 17.8 Å². The van der Waals surface area contributed by atoms with Crippen molar-refractivity contribution in [2.45, 2.75) is 39.2 Å². The Balaban J connectivity index is 1.89. The summed E-state index contributed by atoms with van der Waals surface area (Å²) in [5.41, 5.74) is 0.210. The monoisotopic (exact) mass is 290 g/mol. The van der Waals surface area contributed by atoms with Gasteiger partial charge < -0.3 is 9.64 Å². The molecule has 5 heteroatoms. The first kappa shape index (κ1) is 15.5. The SMILES string of the molecule is CC(C)(C)OC(=O)N1CCC(C(=O)c2ccncc2)CC1. The van der Waals surface area contributed by atoms with Crippen LogP contribution in [0, 0.1) is 5.92 Å². The Morgan fingerprint density at radius 2 is 1.76 bits per heavy atom. The van der Waals surface area contributed by atoms with E-state index in [0.717, 1.165) is 0 Å². The molecule has 0 saturated carbocycles. The molecule has 0 atom stereocenters. The number of aromatic nitrogens is 1. The molecule has 0 unspecified atom stereocenters. The summed E-state index contributed by atoms with van der Waals surface area (Å²) in [5, 5.41) is 0. The zero-order valence-corrected chi connectivity index (χ0v) is 12.8. The molecule has 0 aliphatic carbocycles. The third-order valence-electron chi connectivity index (χ3n) is 3.48. The predicted molar refractivity (Wildman–Crippen MR) is 79.1 cm³/mol. The van der Waals surface area contributed by atoms with Crippen molar-refractivity contribution in [3.05, 3.63) is 30.1 Å². The van der Waals surface area contributed by atoms with Gasteiger partial charge in [0, 0.05) is 37.0 Å². The Hall–Kier alpha value is -1.91. The highest BCUT2D eigenvalue weighted by Gasteiger charge is 2.30. The maximum absolute atomic E-state index is 12.3. The van der Waals surface area contributed by atoms with Gasteiger partial charge in [0.15, 0.2) is 5.78 Å². The fourth-order valence-electron chi connectivity index (χ4n) is 2.40. The molecule has 1 saturated heterocycles. The van der Waals surface area contributed by atoms with Crippen LogP contribution in [0.15, 0.2) is 24.5 Å². The molecule has 2 heterocycles. The highest BCUT2D eigenvalue weighted by atomic mass is 16.6. The average molecular weight is 290 g/mol. The molecule has 2 rings (SSSR count). The number of piperidine rings is 1. The lowest BCUT2D eigenvalue weighted by Crippen LogP contribution is -2.43. The summed E-state index contributed by atoms with van der Waals surface area (Å²) in [4.78, 5) is 29.9. The molecule has 5 nitrogen and oxygen atoms in total. The van der Waals surface area contributed by atoms with Gasteiger partial charge in [-0.2, -0.15) is 0 Å². The Kier molecular flexibility index (Phi) is 4.60. The van der Waals surface area contributed by atoms with Crippen molar-refractivity contribution >= 4 is 11.9 Å². The van der Waals surface area contributed by atoms with Crippen LogP contribution in [0.5, 0.6) is 0 Å². The average Bonchev–Trinajstić information content (AvgIpc) is 2.46. The molecule has 0 bridgehead atoms. The molecule has 0 spiro atoms. The van der Waals surface area contributed by atoms with Crippen LogP contribution in [0.25, 0.3) is 0 Å². The molecule has 0 aromatic carbocycles. The van der Waals surface area contributed by atoms with Crippen LogP contribution >= 0.6 is 0 Å². The van der Waals surface area contributed by atoms with Crippen LogP contribution in [-0.4, -0.2) is 40.5 Å². The normalized spacial score (nSPS) is 16.6. The molecule has 1 aromatic rings. The lowest BCUT2D eigenvalue weighted by atomic mass is 9.89. The van der Waals surface area contributed by atoms with Gasteiger partial charge in [-0.05, 0) is 45.7 Å². The summed E-state index contributed by atoms with van der Waals surface area (Å²) in [5.74, 6) is 0.118. The second kappa shape index (κ2) is 6.24. The number of hydrogen-bond acceptors (Lipinski definition) is 4. The molecular formula is C16H22N2O3. The van der Waals surface area contributed by atoms with Crippen LogP contribution in [0.1, 0.15) is 44.0 Å². The largest absolute Gasteiger partial charge is 0.444 e. The number of likely N-dealkylation sites (tertiary alicyclic amines) is 1. The first-order chi connectivity index (χ1) is 9.87. The summed E-state index contributed by atoms with van der Waals surface area (Å²) in [6.07, 6.45) is 4.32. The molecule has 1 aliphatic rings. The van der Waals surface area contributed by atoms with Crippen LogP contribution in [-0.2, 0) is 4.74 Å². The minimum Gasteiger partial charge on any atom is -0.444 e. The van der Waals surface area contributed by atoms with Gasteiger partial charge in [0.05, 0.1) is 0 Å². The Morgan fingerprint density at radius 3 is 2.29 bits per heavy atom. The van der Waals surface area contributed by atoms with Crippen LogP contribution in [0.4, 0.5) is 4.79 Å². The minimum atomic E-state index is -0.485. The van der Waals surface area contributed by atoms with Gasteiger partial charge in [-0.1, -0.05) is 0 Å². The Morgan fingerprint density at radius 1 is 1.19 bits per heavy atom. The number of carbonyl (C=O) groups excluding carboxylic acids is 2. The number of pyridine rings is 1. The zero-order valence-electron chi connectivity index (χ0n) is 12.8. The standard InChI is InChI=1S/C16H22N2O3/c1-16(2,3)21-15(20)18-10-6-13(7-11-18)14(19)12-4-8-17-9-5-12/h4-5,8-9,13H,6-7,10-11H2,1-3H3. The summed E-state index contributed by atoms with van der Waals surface area (Å²) in [6.45, 7) is 6.69. The van der Waals surface area contributed by atoms with Crippen LogP contribution in [0.2, 0.25) is 0 Å². The van der Waals surface area contributed by atoms with E-state index in [4.69, 9.17) is 4.74 Å². The van der Waals surface area contributed by atoms with Crippen molar-refractivity contribution in [2.24, 2.45) is 5.92 Å². The Labute approximate surface area is 125 Å². The second-order valence-electron chi connectivity index (χ2n) is 6.34. The van der Waals surface area contributed by atoms with Crippen LogP contribution < -0.4 is 0 Å². The maximum Gasteiger partial charge on any atom is 0.410 e. The molecule has 0 N–H and O–H groups in total. The van der Waals surface area contributed by atoms with Gasteiger partial charge in [-0.3, -0.25) is 9.78 Å². The van der Waals surface area contributed by atoms with E-state index in [1.807, 2.05) is 20.8 Å². The van der Waals surface area contributed by atoms with Crippen molar-refractivity contribution in [1.29, 1.82) is 0 Å². The Bertz CT molecular complexity index is 500. The van der Waals surface area contributed by atoms with E-state index in [2.05, 4.69) is 4.98 Å². The predicted octanol–water partition coefficient (Wildman–Crippen LogP) is 2.91. The quantitative estimate of drug-likeness (QED) is 0.786. The molecular weight excluding hydrogens is 268 g/mol. The number of rotatable bonds is 2. The number of carbonyl (C=O) groups is 2. The fourth-order valence-corrected chi connectivity index (χ4v) is 2.40. The topological polar surface area (TPSA) is 59.5 Å². The first-order valence-electron chi connectivity index (χ1n) is 7.29. The molecule has 1 aromatic heterocycles. The highest BCUT2D eigenvalue weighted by Crippen LogP contribution is 2.23. The number of hydrogen-bond donors (Lipinski definition) is 0. The van der Waals surface area contributed by atoms with E-state index in [9.17, 15) is 9.59 Å². The van der Waals surface area contributed by atoms with Crippen molar-refractivity contribution < 1.29 is 14.3 Å². The lowest BCUT2D eigenvalue weighted by molar-refractivity contribution is 0.0182. The molecule has 1 fully saturated rings. The van der Waals surface area contributed by atoms with Gasteiger partial charge in [0.2, 0.25) is 0 Å². The number of Topliss-reactive ketones (excluding diaryl/α,β-unsaturated/α-hetero) is 1. The van der Waals surface area contributed by atoms with Crippen molar-refractivity contribution in [3.8, 4) is 0 Å². The lowest BCUT2D eigenvalue weighted by Gasteiger charge is -2.32.